The molecular weight excluding hydrogens is 256 g/mol. The van der Waals surface area contributed by atoms with Crippen LogP contribution in [-0.2, 0) is 9.53 Å². The Labute approximate surface area is 121 Å². The maximum Gasteiger partial charge on any atom is 0.407 e. The Bertz CT molecular complexity index is 395. The number of fused-ring (bicyclic) bond motifs is 1. The van der Waals surface area contributed by atoms with Gasteiger partial charge in [0.2, 0.25) is 5.91 Å². The summed E-state index contributed by atoms with van der Waals surface area (Å²) in [5.74, 6) is 1.23. The average molecular weight is 282 g/mol. The van der Waals surface area contributed by atoms with Crippen LogP contribution in [-0.4, -0.2) is 42.1 Å². The van der Waals surface area contributed by atoms with E-state index in [2.05, 4.69) is 23.9 Å². The Kier molecular flexibility index (Phi) is 4.25. The van der Waals surface area contributed by atoms with E-state index in [1.54, 1.807) is 0 Å². The largest absolute Gasteiger partial charge is 0.453 e. The number of ether oxygens (including phenoxy) is 1. The second-order valence-corrected chi connectivity index (χ2v) is 6.71. The van der Waals surface area contributed by atoms with E-state index >= 15 is 0 Å². The molecule has 2 rings (SSSR count). The van der Waals surface area contributed by atoms with Gasteiger partial charge in [-0.1, -0.05) is 27.7 Å². The second kappa shape index (κ2) is 5.62. The third-order valence-electron chi connectivity index (χ3n) is 4.56. The zero-order valence-electron chi connectivity index (χ0n) is 13.1. The Balaban J connectivity index is 2.12. The summed E-state index contributed by atoms with van der Waals surface area (Å²) < 4.78 is 4.63. The molecule has 114 valence electrons. The first kappa shape index (κ1) is 15.1. The fourth-order valence-electron chi connectivity index (χ4n) is 3.28. The van der Waals surface area contributed by atoms with Gasteiger partial charge in [0.25, 0.3) is 0 Å². The van der Waals surface area contributed by atoms with Gasteiger partial charge in [0, 0.05) is 12.1 Å². The van der Waals surface area contributed by atoms with Gasteiger partial charge in [-0.05, 0) is 30.6 Å². The highest BCUT2D eigenvalue weighted by atomic mass is 16.5. The van der Waals surface area contributed by atoms with Crippen LogP contribution in [0.5, 0.6) is 0 Å². The van der Waals surface area contributed by atoms with Crippen LogP contribution in [0.15, 0.2) is 0 Å². The first-order valence-corrected chi connectivity index (χ1v) is 7.53. The number of carbonyl (C=O) groups excluding carboxylic acids is 2. The van der Waals surface area contributed by atoms with Crippen molar-refractivity contribution in [3.63, 3.8) is 0 Å². The summed E-state index contributed by atoms with van der Waals surface area (Å²) in [6.45, 7) is 8.22. The molecule has 5 heteroatoms. The van der Waals surface area contributed by atoms with Crippen molar-refractivity contribution in [3.05, 3.63) is 0 Å². The van der Waals surface area contributed by atoms with Crippen molar-refractivity contribution in [1.82, 2.24) is 10.2 Å². The summed E-state index contributed by atoms with van der Waals surface area (Å²) in [6.07, 6.45) is 1.69. The van der Waals surface area contributed by atoms with Crippen molar-refractivity contribution < 1.29 is 14.3 Å². The van der Waals surface area contributed by atoms with Crippen LogP contribution < -0.4 is 5.32 Å². The van der Waals surface area contributed by atoms with Crippen LogP contribution in [0.4, 0.5) is 4.79 Å². The van der Waals surface area contributed by atoms with Gasteiger partial charge >= 0.3 is 6.09 Å². The molecule has 1 aliphatic carbocycles. The fraction of sp³-hybridized carbons (Fsp3) is 0.867. The number of hydrogen-bond donors (Lipinski definition) is 1. The third kappa shape index (κ3) is 2.76. The molecule has 0 spiro atoms. The molecule has 1 heterocycles. The second-order valence-electron chi connectivity index (χ2n) is 6.71. The summed E-state index contributed by atoms with van der Waals surface area (Å²) in [4.78, 5) is 26.3. The summed E-state index contributed by atoms with van der Waals surface area (Å²) in [5, 5.41) is 2.69. The number of alkyl carbamates (subject to hydrolysis) is 1. The van der Waals surface area contributed by atoms with E-state index in [9.17, 15) is 9.59 Å². The highest BCUT2D eigenvalue weighted by molar-refractivity contribution is 5.87. The van der Waals surface area contributed by atoms with Gasteiger partial charge in [0.1, 0.15) is 6.04 Å². The zero-order valence-corrected chi connectivity index (χ0v) is 13.1. The molecule has 1 N–H and O–H groups in total. The Morgan fingerprint density at radius 1 is 1.20 bits per heavy atom. The van der Waals surface area contributed by atoms with Crippen LogP contribution in [0.2, 0.25) is 0 Å². The quantitative estimate of drug-likeness (QED) is 0.858. The monoisotopic (exact) mass is 282 g/mol. The van der Waals surface area contributed by atoms with Crippen LogP contribution >= 0.6 is 0 Å². The number of nitrogens with one attached hydrogen (secondary N) is 1. The van der Waals surface area contributed by atoms with E-state index in [1.807, 2.05) is 18.7 Å². The summed E-state index contributed by atoms with van der Waals surface area (Å²) >= 11 is 0. The fourth-order valence-corrected chi connectivity index (χ4v) is 3.28. The first-order valence-electron chi connectivity index (χ1n) is 7.53. The number of rotatable bonds is 4. The lowest BCUT2D eigenvalue weighted by Crippen LogP contribution is -2.54. The van der Waals surface area contributed by atoms with Gasteiger partial charge in [-0.25, -0.2) is 4.79 Å². The SMILES string of the molecule is COC(=O)N[C@H](C(=O)N1[C@@H]2CC2C[C@H]1C(C)C)C(C)C. The lowest BCUT2D eigenvalue weighted by molar-refractivity contribution is -0.137. The number of likely N-dealkylation sites (tertiary alicyclic amines) is 1. The maximum atomic E-state index is 12.8. The van der Waals surface area contributed by atoms with Crippen LogP contribution in [0.1, 0.15) is 40.5 Å². The molecule has 1 unspecified atom stereocenters. The van der Waals surface area contributed by atoms with Crippen LogP contribution in [0.3, 0.4) is 0 Å². The maximum absolute atomic E-state index is 12.8. The van der Waals surface area contributed by atoms with Gasteiger partial charge in [-0.15, -0.1) is 0 Å². The van der Waals surface area contributed by atoms with Crippen LogP contribution in [0.25, 0.3) is 0 Å². The highest BCUT2D eigenvalue weighted by Crippen LogP contribution is 2.49. The summed E-state index contributed by atoms with van der Waals surface area (Å²) in [7, 11) is 1.32. The topological polar surface area (TPSA) is 58.6 Å². The Morgan fingerprint density at radius 2 is 1.85 bits per heavy atom. The molecule has 0 radical (unpaired) electrons. The molecule has 2 fully saturated rings. The lowest BCUT2D eigenvalue weighted by Gasteiger charge is -2.34. The van der Waals surface area contributed by atoms with Crippen molar-refractivity contribution >= 4 is 12.0 Å². The van der Waals surface area contributed by atoms with Gasteiger partial charge in [-0.2, -0.15) is 0 Å². The molecular formula is C15H26N2O3. The normalized spacial score (nSPS) is 29.4. The molecule has 4 atom stereocenters. The molecule has 0 bridgehead atoms. The Morgan fingerprint density at radius 3 is 2.35 bits per heavy atom. The molecule has 1 saturated heterocycles. The zero-order chi connectivity index (χ0) is 15.0. The van der Waals surface area contributed by atoms with Crippen molar-refractivity contribution in [3.8, 4) is 0 Å². The molecule has 2 amide bonds. The van der Waals surface area contributed by atoms with Gasteiger partial charge in [0.05, 0.1) is 7.11 Å². The number of nitrogens with zero attached hydrogens (tertiary/aromatic N) is 1. The molecule has 0 aromatic rings. The van der Waals surface area contributed by atoms with Crippen molar-refractivity contribution in [2.24, 2.45) is 17.8 Å². The standard InChI is InChI=1S/C15H26N2O3/c1-8(2)11-6-10-7-12(10)17(11)14(18)13(9(3)4)16-15(19)20-5/h8-13H,6-7H2,1-5H3,(H,16,19)/t10?,11-,12+,13-/m0/s1. The van der Waals surface area contributed by atoms with E-state index in [0.29, 0.717) is 23.9 Å². The molecule has 0 aromatic heterocycles. The molecule has 0 aromatic carbocycles. The lowest BCUT2D eigenvalue weighted by atomic mass is 9.97. The molecule has 5 nitrogen and oxygen atoms in total. The van der Waals surface area contributed by atoms with E-state index in [0.717, 1.165) is 12.8 Å². The van der Waals surface area contributed by atoms with Gasteiger partial charge in [0.15, 0.2) is 0 Å². The number of hydrogen-bond acceptors (Lipinski definition) is 3. The van der Waals surface area contributed by atoms with E-state index in [-0.39, 0.29) is 11.8 Å². The summed E-state index contributed by atoms with van der Waals surface area (Å²) in [6, 6.07) is 0.214. The van der Waals surface area contributed by atoms with Crippen molar-refractivity contribution in [2.45, 2.75) is 58.7 Å². The predicted molar refractivity (Wildman–Crippen MR) is 76.2 cm³/mol. The number of carbonyl (C=O) groups is 2. The minimum absolute atomic E-state index is 0.0483. The predicted octanol–water partition coefficient (Wildman–Crippen LogP) is 2.01. The Hall–Kier alpha value is -1.26. The average Bonchev–Trinajstić information content (AvgIpc) is 3.05. The van der Waals surface area contributed by atoms with E-state index < -0.39 is 12.1 Å². The molecule has 2 aliphatic rings. The number of methoxy groups -OCH3 is 1. The highest BCUT2D eigenvalue weighted by Gasteiger charge is 2.55. The van der Waals surface area contributed by atoms with Gasteiger partial charge < -0.3 is 15.0 Å². The van der Waals surface area contributed by atoms with Crippen molar-refractivity contribution in [2.75, 3.05) is 7.11 Å². The molecule has 1 saturated carbocycles. The van der Waals surface area contributed by atoms with Crippen LogP contribution in [0, 0.1) is 17.8 Å². The molecule has 20 heavy (non-hydrogen) atoms. The third-order valence-corrected chi connectivity index (χ3v) is 4.56. The minimum Gasteiger partial charge on any atom is -0.453 e. The van der Waals surface area contributed by atoms with E-state index in [4.69, 9.17) is 0 Å². The summed E-state index contributed by atoms with van der Waals surface area (Å²) in [5.41, 5.74) is 0. The minimum atomic E-state index is -0.537. The van der Waals surface area contributed by atoms with E-state index in [1.165, 1.54) is 7.11 Å². The first-order chi connectivity index (χ1) is 9.36. The number of amides is 2. The smallest absolute Gasteiger partial charge is 0.407 e. The number of piperidine rings is 1. The van der Waals surface area contributed by atoms with Gasteiger partial charge in [-0.3, -0.25) is 4.79 Å². The van der Waals surface area contributed by atoms with Crippen molar-refractivity contribution in [1.29, 1.82) is 0 Å². The molecule has 1 aliphatic heterocycles.